The lowest BCUT2D eigenvalue weighted by Gasteiger charge is -2.35. The number of hydrogen-bond acceptors (Lipinski definition) is 7. The third kappa shape index (κ3) is 2.20. The summed E-state index contributed by atoms with van der Waals surface area (Å²) in [5, 5.41) is 31.8. The molecule has 2 aliphatic carbocycles. The van der Waals surface area contributed by atoms with Gasteiger partial charge in [0.25, 0.3) is 0 Å². The molecular weight excluding hydrogens is 364 g/mol. The van der Waals surface area contributed by atoms with Gasteiger partial charge in [0.1, 0.15) is 17.1 Å². The summed E-state index contributed by atoms with van der Waals surface area (Å²) in [4.78, 5) is 38.9. The fourth-order valence-corrected chi connectivity index (χ4v) is 4.08. The summed E-state index contributed by atoms with van der Waals surface area (Å²) in [6.07, 6.45) is -1.59. The van der Waals surface area contributed by atoms with Gasteiger partial charge >= 0.3 is 0 Å². The molecule has 0 fully saturated rings. The average Bonchev–Trinajstić information content (AvgIpc) is 2.68. The van der Waals surface area contributed by atoms with Crippen molar-refractivity contribution >= 4 is 17.3 Å². The van der Waals surface area contributed by atoms with Crippen LogP contribution in [0.4, 0.5) is 0 Å². The first kappa shape index (κ1) is 18.3. The normalized spacial score (nSPS) is 23.1. The number of carbonyl (C=O) groups excluding carboxylic acids is 3. The monoisotopic (exact) mass is 382 g/mol. The molecule has 0 aliphatic heterocycles. The average molecular weight is 382 g/mol. The maximum Gasteiger partial charge on any atom is 0.198 e. The fourth-order valence-electron chi connectivity index (χ4n) is 4.08. The van der Waals surface area contributed by atoms with E-state index in [9.17, 15) is 29.7 Å². The van der Waals surface area contributed by atoms with Crippen molar-refractivity contribution in [2.45, 2.75) is 31.5 Å². The Kier molecular flexibility index (Phi) is 3.92. The second-order valence-electron chi connectivity index (χ2n) is 7.08. The number of ether oxygens (including phenoxy) is 1. The predicted octanol–water partition coefficient (Wildman–Crippen LogP) is 1.94. The largest absolute Gasteiger partial charge is 0.507 e. The minimum Gasteiger partial charge on any atom is -0.507 e. The van der Waals surface area contributed by atoms with Crippen molar-refractivity contribution in [2.24, 2.45) is 0 Å². The maximum absolute atomic E-state index is 13.1. The molecule has 4 rings (SSSR count). The third-order valence-corrected chi connectivity index (χ3v) is 5.65. The summed E-state index contributed by atoms with van der Waals surface area (Å²) in [6.45, 7) is 1.60. The van der Waals surface area contributed by atoms with Gasteiger partial charge < -0.3 is 20.1 Å². The van der Waals surface area contributed by atoms with Gasteiger partial charge in [-0.1, -0.05) is 19.1 Å². The SMILES string of the molecule is CC[C@@]1(O)C[C@H](O)c2c(cc3c(c2O)C(=O)c2cccc(OC)c2C3=O)C1=O. The zero-order chi connectivity index (χ0) is 20.4. The number of ketones is 3. The molecule has 0 saturated carbocycles. The molecule has 0 aromatic heterocycles. The number of methoxy groups -OCH3 is 1. The molecule has 0 spiro atoms. The van der Waals surface area contributed by atoms with Crippen LogP contribution in [0.1, 0.15) is 73.6 Å². The number of rotatable bonds is 2. The lowest BCUT2D eigenvalue weighted by Crippen LogP contribution is -2.44. The van der Waals surface area contributed by atoms with Crippen LogP contribution in [-0.4, -0.2) is 45.4 Å². The van der Waals surface area contributed by atoms with E-state index < -0.39 is 34.8 Å². The number of fused-ring (bicyclic) bond motifs is 3. The van der Waals surface area contributed by atoms with Crippen LogP contribution in [0.2, 0.25) is 0 Å². The molecule has 0 bridgehead atoms. The van der Waals surface area contributed by atoms with E-state index >= 15 is 0 Å². The summed E-state index contributed by atoms with van der Waals surface area (Å²) in [7, 11) is 1.37. The van der Waals surface area contributed by atoms with Crippen LogP contribution in [0.3, 0.4) is 0 Å². The number of phenols is 1. The minimum absolute atomic E-state index is 0.0522. The minimum atomic E-state index is -1.80. The first-order valence-electron chi connectivity index (χ1n) is 8.86. The fraction of sp³-hybridized carbons (Fsp3) is 0.286. The molecule has 0 radical (unpaired) electrons. The zero-order valence-electron chi connectivity index (χ0n) is 15.3. The van der Waals surface area contributed by atoms with Crippen molar-refractivity contribution in [1.82, 2.24) is 0 Å². The first-order valence-corrected chi connectivity index (χ1v) is 8.86. The summed E-state index contributed by atoms with van der Waals surface area (Å²) in [5.74, 6) is -2.26. The van der Waals surface area contributed by atoms with Crippen LogP contribution in [0.5, 0.6) is 11.5 Å². The Morgan fingerprint density at radius 3 is 2.43 bits per heavy atom. The molecule has 2 aromatic carbocycles. The summed E-state index contributed by atoms with van der Waals surface area (Å²) in [5.41, 5.74) is -2.36. The molecule has 0 saturated heterocycles. The molecular formula is C21H18O7. The van der Waals surface area contributed by atoms with E-state index in [4.69, 9.17) is 4.74 Å². The quantitative estimate of drug-likeness (QED) is 0.619. The molecule has 2 aromatic rings. The highest BCUT2D eigenvalue weighted by Crippen LogP contribution is 2.46. The van der Waals surface area contributed by atoms with Gasteiger partial charge in [-0.25, -0.2) is 0 Å². The molecule has 2 atom stereocenters. The Morgan fingerprint density at radius 2 is 1.79 bits per heavy atom. The second kappa shape index (κ2) is 5.98. The number of aliphatic hydroxyl groups excluding tert-OH is 1. The Labute approximate surface area is 160 Å². The zero-order valence-corrected chi connectivity index (χ0v) is 15.3. The Bertz CT molecular complexity index is 1070. The molecule has 3 N–H and O–H groups in total. The van der Waals surface area contributed by atoms with E-state index in [-0.39, 0.29) is 52.0 Å². The number of hydrogen-bond donors (Lipinski definition) is 3. The maximum atomic E-state index is 13.1. The van der Waals surface area contributed by atoms with E-state index in [1.165, 1.54) is 25.3 Å². The van der Waals surface area contributed by atoms with Crippen molar-refractivity contribution in [3.63, 3.8) is 0 Å². The Hall–Kier alpha value is -3.03. The van der Waals surface area contributed by atoms with E-state index in [2.05, 4.69) is 0 Å². The van der Waals surface area contributed by atoms with Crippen LogP contribution in [0, 0.1) is 0 Å². The van der Waals surface area contributed by atoms with Gasteiger partial charge in [-0.15, -0.1) is 0 Å². The summed E-state index contributed by atoms with van der Waals surface area (Å²) in [6, 6.07) is 5.74. The first-order chi connectivity index (χ1) is 13.2. The van der Waals surface area contributed by atoms with Gasteiger partial charge in [0.05, 0.1) is 24.3 Å². The molecule has 2 aliphatic rings. The standard InChI is InChI=1S/C21H18O7/c1-3-21(27)8-12(22)14-11(20(21)26)7-10-16(19(14)25)17(23)9-5-4-6-13(28-2)15(9)18(10)24/h4-7,12,22,25,27H,3,8H2,1-2H3/t12-,21+/m0/s1. The van der Waals surface area contributed by atoms with Crippen molar-refractivity contribution < 1.29 is 34.4 Å². The van der Waals surface area contributed by atoms with Gasteiger partial charge in [0, 0.05) is 28.7 Å². The van der Waals surface area contributed by atoms with Gasteiger partial charge in [0.2, 0.25) is 0 Å². The van der Waals surface area contributed by atoms with Crippen molar-refractivity contribution in [2.75, 3.05) is 7.11 Å². The number of phenolic OH excluding ortho intramolecular Hbond substituents is 1. The smallest absolute Gasteiger partial charge is 0.198 e. The predicted molar refractivity (Wildman–Crippen MR) is 97.1 cm³/mol. The van der Waals surface area contributed by atoms with Crippen molar-refractivity contribution in [3.8, 4) is 11.5 Å². The number of benzene rings is 2. The van der Waals surface area contributed by atoms with Gasteiger partial charge in [0.15, 0.2) is 17.3 Å². The summed E-state index contributed by atoms with van der Waals surface area (Å²) >= 11 is 0. The number of Topliss-reactive ketones (excluding diaryl/α,β-unsaturated/α-hetero) is 1. The van der Waals surface area contributed by atoms with Gasteiger partial charge in [-0.3, -0.25) is 14.4 Å². The van der Waals surface area contributed by atoms with E-state index in [1.807, 2.05) is 0 Å². The number of aliphatic hydroxyl groups is 2. The van der Waals surface area contributed by atoms with Crippen LogP contribution >= 0.6 is 0 Å². The Balaban J connectivity index is 2.03. The molecule has 0 amide bonds. The van der Waals surface area contributed by atoms with Gasteiger partial charge in [-0.2, -0.15) is 0 Å². The highest BCUT2D eigenvalue weighted by atomic mass is 16.5. The summed E-state index contributed by atoms with van der Waals surface area (Å²) < 4.78 is 5.20. The molecule has 0 unspecified atom stereocenters. The van der Waals surface area contributed by atoms with Crippen LogP contribution in [0.15, 0.2) is 24.3 Å². The molecule has 0 heterocycles. The number of aromatic hydroxyl groups is 1. The van der Waals surface area contributed by atoms with E-state index in [0.29, 0.717) is 0 Å². The molecule has 144 valence electrons. The van der Waals surface area contributed by atoms with E-state index in [0.717, 1.165) is 0 Å². The van der Waals surface area contributed by atoms with E-state index in [1.54, 1.807) is 13.0 Å². The number of carbonyl (C=O) groups is 3. The lowest BCUT2D eigenvalue weighted by atomic mass is 9.72. The molecule has 7 heteroatoms. The lowest BCUT2D eigenvalue weighted by molar-refractivity contribution is -0.00987. The Morgan fingerprint density at radius 1 is 1.11 bits per heavy atom. The molecule has 28 heavy (non-hydrogen) atoms. The van der Waals surface area contributed by atoms with Crippen molar-refractivity contribution in [3.05, 3.63) is 57.6 Å². The van der Waals surface area contributed by atoms with Crippen LogP contribution in [-0.2, 0) is 0 Å². The van der Waals surface area contributed by atoms with Crippen LogP contribution in [0.25, 0.3) is 0 Å². The topological polar surface area (TPSA) is 121 Å². The van der Waals surface area contributed by atoms with Gasteiger partial charge in [-0.05, 0) is 18.6 Å². The van der Waals surface area contributed by atoms with Crippen LogP contribution < -0.4 is 4.74 Å². The highest BCUT2D eigenvalue weighted by Gasteiger charge is 2.47. The molecule has 7 nitrogen and oxygen atoms in total. The second-order valence-corrected chi connectivity index (χ2v) is 7.08. The third-order valence-electron chi connectivity index (χ3n) is 5.65. The highest BCUT2D eigenvalue weighted by molar-refractivity contribution is 6.31. The van der Waals surface area contributed by atoms with Crippen molar-refractivity contribution in [1.29, 1.82) is 0 Å².